The van der Waals surface area contributed by atoms with Gasteiger partial charge in [0.25, 0.3) is 5.69 Å². The Morgan fingerprint density at radius 1 is 1.21 bits per heavy atom. The molecule has 5 nitrogen and oxygen atoms in total. The molecule has 24 heavy (non-hydrogen) atoms. The lowest BCUT2D eigenvalue weighted by atomic mass is 9.97. The Labute approximate surface area is 146 Å². The highest BCUT2D eigenvalue weighted by Gasteiger charge is 2.16. The van der Waals surface area contributed by atoms with Gasteiger partial charge >= 0.3 is 0 Å². The number of rotatable bonds is 6. The van der Waals surface area contributed by atoms with Gasteiger partial charge in [-0.2, -0.15) is 0 Å². The molecule has 0 atom stereocenters. The fraction of sp³-hybridized carbons (Fsp3) is 0.444. The zero-order valence-electron chi connectivity index (χ0n) is 13.9. The Hall–Kier alpha value is -1.76. The van der Waals surface area contributed by atoms with Gasteiger partial charge in [0.05, 0.1) is 4.92 Å². The summed E-state index contributed by atoms with van der Waals surface area (Å²) >= 11 is 1.75. The SMILES string of the molecule is CN1CCC(CNCc2ccc(-c3ccc([N+](=O)[O-])cc3)s2)CC1. The fourth-order valence-corrected chi connectivity index (χ4v) is 4.02. The minimum Gasteiger partial charge on any atom is -0.312 e. The second-order valence-electron chi connectivity index (χ2n) is 6.45. The van der Waals surface area contributed by atoms with Gasteiger partial charge in [0.2, 0.25) is 0 Å². The maximum atomic E-state index is 10.7. The molecule has 1 aliphatic rings. The number of hydrogen-bond acceptors (Lipinski definition) is 5. The molecule has 0 aliphatic carbocycles. The van der Waals surface area contributed by atoms with E-state index in [4.69, 9.17) is 0 Å². The van der Waals surface area contributed by atoms with Crippen LogP contribution in [0.25, 0.3) is 10.4 Å². The van der Waals surface area contributed by atoms with Gasteiger partial charge < -0.3 is 10.2 Å². The van der Waals surface area contributed by atoms with Crippen molar-refractivity contribution in [3.05, 3.63) is 51.4 Å². The summed E-state index contributed by atoms with van der Waals surface area (Å²) in [5.74, 6) is 0.787. The number of nitrogens with one attached hydrogen (secondary N) is 1. The Bertz CT molecular complexity index is 676. The van der Waals surface area contributed by atoms with Crippen molar-refractivity contribution in [2.45, 2.75) is 19.4 Å². The Kier molecular flexibility index (Phi) is 5.60. The maximum Gasteiger partial charge on any atom is 0.269 e. The molecule has 0 radical (unpaired) electrons. The van der Waals surface area contributed by atoms with Crippen molar-refractivity contribution in [1.82, 2.24) is 10.2 Å². The molecule has 0 amide bonds. The maximum absolute atomic E-state index is 10.7. The third-order valence-electron chi connectivity index (χ3n) is 4.59. The third-order valence-corrected chi connectivity index (χ3v) is 5.73. The summed E-state index contributed by atoms with van der Waals surface area (Å²) in [4.78, 5) is 15.2. The summed E-state index contributed by atoms with van der Waals surface area (Å²) in [6, 6.07) is 11.0. The molecule has 0 spiro atoms. The van der Waals surface area contributed by atoms with E-state index in [2.05, 4.69) is 29.4 Å². The number of likely N-dealkylation sites (tertiary alicyclic amines) is 1. The summed E-state index contributed by atoms with van der Waals surface area (Å²) in [7, 11) is 2.19. The molecule has 0 unspecified atom stereocenters. The van der Waals surface area contributed by atoms with E-state index >= 15 is 0 Å². The predicted molar refractivity (Wildman–Crippen MR) is 98.3 cm³/mol. The van der Waals surface area contributed by atoms with Crippen LogP contribution in [0, 0.1) is 16.0 Å². The van der Waals surface area contributed by atoms with E-state index in [0.717, 1.165) is 29.4 Å². The van der Waals surface area contributed by atoms with Crippen LogP contribution in [0.15, 0.2) is 36.4 Å². The number of nitrogens with zero attached hydrogens (tertiary/aromatic N) is 2. The first-order valence-corrected chi connectivity index (χ1v) is 9.16. The minimum atomic E-state index is -0.365. The number of piperidine rings is 1. The van der Waals surface area contributed by atoms with E-state index in [1.165, 1.54) is 30.8 Å². The average molecular weight is 345 g/mol. The molecule has 1 fully saturated rings. The average Bonchev–Trinajstić information content (AvgIpc) is 3.06. The van der Waals surface area contributed by atoms with E-state index in [1.807, 2.05) is 12.1 Å². The normalized spacial score (nSPS) is 16.4. The van der Waals surface area contributed by atoms with Crippen molar-refractivity contribution in [3.8, 4) is 10.4 Å². The van der Waals surface area contributed by atoms with E-state index in [9.17, 15) is 10.1 Å². The molecule has 128 valence electrons. The first kappa shape index (κ1) is 17.1. The quantitative estimate of drug-likeness (QED) is 0.640. The van der Waals surface area contributed by atoms with E-state index in [0.29, 0.717) is 0 Å². The van der Waals surface area contributed by atoms with Crippen LogP contribution in [0.5, 0.6) is 0 Å². The molecule has 6 heteroatoms. The van der Waals surface area contributed by atoms with Gasteiger partial charge in [-0.1, -0.05) is 0 Å². The molecule has 0 bridgehead atoms. The lowest BCUT2D eigenvalue weighted by Crippen LogP contribution is -2.34. The van der Waals surface area contributed by atoms with Crippen LogP contribution in [-0.4, -0.2) is 36.5 Å². The zero-order valence-corrected chi connectivity index (χ0v) is 14.7. The van der Waals surface area contributed by atoms with Crippen molar-refractivity contribution in [2.75, 3.05) is 26.7 Å². The fourth-order valence-electron chi connectivity index (χ4n) is 3.04. The van der Waals surface area contributed by atoms with Crippen molar-refractivity contribution in [1.29, 1.82) is 0 Å². The summed E-state index contributed by atoms with van der Waals surface area (Å²) in [6.07, 6.45) is 2.56. The van der Waals surface area contributed by atoms with E-state index in [1.54, 1.807) is 23.5 Å². The van der Waals surface area contributed by atoms with Gasteiger partial charge in [0.15, 0.2) is 0 Å². The highest BCUT2D eigenvalue weighted by Crippen LogP contribution is 2.29. The van der Waals surface area contributed by atoms with Crippen molar-refractivity contribution in [3.63, 3.8) is 0 Å². The standard InChI is InChI=1S/C18H23N3O2S/c1-20-10-8-14(9-11-20)12-19-13-17-6-7-18(24-17)15-2-4-16(5-3-15)21(22)23/h2-7,14,19H,8-13H2,1H3. The molecule has 1 aliphatic heterocycles. The summed E-state index contributed by atoms with van der Waals surface area (Å²) in [5, 5.41) is 14.3. The molecule has 1 aromatic carbocycles. The van der Waals surface area contributed by atoms with Crippen LogP contribution >= 0.6 is 11.3 Å². The molecule has 1 aromatic heterocycles. The second-order valence-corrected chi connectivity index (χ2v) is 7.62. The second kappa shape index (κ2) is 7.88. The number of nitro groups is 1. The number of nitro benzene ring substituents is 1. The van der Waals surface area contributed by atoms with Crippen molar-refractivity contribution < 1.29 is 4.92 Å². The van der Waals surface area contributed by atoms with Crippen LogP contribution in [0.3, 0.4) is 0 Å². The molecular weight excluding hydrogens is 322 g/mol. The van der Waals surface area contributed by atoms with Gasteiger partial charge in [-0.25, -0.2) is 0 Å². The molecule has 2 heterocycles. The first-order chi connectivity index (χ1) is 11.6. The Morgan fingerprint density at radius 2 is 1.92 bits per heavy atom. The summed E-state index contributed by atoms with van der Waals surface area (Å²) < 4.78 is 0. The highest BCUT2D eigenvalue weighted by atomic mass is 32.1. The van der Waals surface area contributed by atoms with Gasteiger partial charge in [-0.15, -0.1) is 11.3 Å². The van der Waals surface area contributed by atoms with Crippen LogP contribution in [-0.2, 0) is 6.54 Å². The number of thiophene rings is 1. The lowest BCUT2D eigenvalue weighted by molar-refractivity contribution is -0.384. The first-order valence-electron chi connectivity index (χ1n) is 8.34. The highest BCUT2D eigenvalue weighted by molar-refractivity contribution is 7.15. The number of non-ortho nitro benzene ring substituents is 1. The van der Waals surface area contributed by atoms with Gasteiger partial charge in [0, 0.05) is 28.4 Å². The summed E-state index contributed by atoms with van der Waals surface area (Å²) in [5.41, 5.74) is 1.17. The van der Waals surface area contributed by atoms with Crippen molar-refractivity contribution >= 4 is 17.0 Å². The molecule has 1 saturated heterocycles. The van der Waals surface area contributed by atoms with E-state index < -0.39 is 0 Å². The van der Waals surface area contributed by atoms with Crippen molar-refractivity contribution in [2.24, 2.45) is 5.92 Å². The van der Waals surface area contributed by atoms with Crippen LogP contribution in [0.1, 0.15) is 17.7 Å². The van der Waals surface area contributed by atoms with Crippen LogP contribution in [0.2, 0.25) is 0 Å². The zero-order chi connectivity index (χ0) is 16.9. The third kappa shape index (κ3) is 4.41. The molecule has 0 saturated carbocycles. The minimum absolute atomic E-state index is 0.135. The van der Waals surface area contributed by atoms with Gasteiger partial charge in [0.1, 0.15) is 0 Å². The predicted octanol–water partition coefficient (Wildman–Crippen LogP) is 3.75. The molecule has 3 rings (SSSR count). The summed E-state index contributed by atoms with van der Waals surface area (Å²) in [6.45, 7) is 4.38. The molecule has 2 aromatic rings. The van der Waals surface area contributed by atoms with Crippen LogP contribution < -0.4 is 5.32 Å². The monoisotopic (exact) mass is 345 g/mol. The largest absolute Gasteiger partial charge is 0.312 e. The number of hydrogen-bond donors (Lipinski definition) is 1. The Balaban J connectivity index is 1.51. The number of benzene rings is 1. The smallest absolute Gasteiger partial charge is 0.269 e. The van der Waals surface area contributed by atoms with E-state index in [-0.39, 0.29) is 10.6 Å². The molecular formula is C18H23N3O2S. The lowest BCUT2D eigenvalue weighted by Gasteiger charge is -2.28. The molecule has 1 N–H and O–H groups in total. The van der Waals surface area contributed by atoms with Gasteiger partial charge in [-0.05, 0) is 75.3 Å². The Morgan fingerprint density at radius 3 is 2.58 bits per heavy atom. The topological polar surface area (TPSA) is 58.4 Å². The van der Waals surface area contributed by atoms with Gasteiger partial charge in [-0.3, -0.25) is 10.1 Å². The van der Waals surface area contributed by atoms with Crippen LogP contribution in [0.4, 0.5) is 5.69 Å².